The molecular formula is C15H16N2O5. The van der Waals surface area contributed by atoms with Gasteiger partial charge in [0, 0.05) is 12.0 Å². The topological polar surface area (TPSA) is 89.8 Å². The maximum atomic E-state index is 12.3. The molecule has 0 saturated heterocycles. The predicted octanol–water partition coefficient (Wildman–Crippen LogP) is 1.60. The molecule has 0 unspecified atom stereocenters. The van der Waals surface area contributed by atoms with Gasteiger partial charge in [-0.25, -0.2) is 0 Å². The van der Waals surface area contributed by atoms with Crippen molar-refractivity contribution in [3.05, 3.63) is 29.2 Å². The minimum atomic E-state index is -0.427. The van der Waals surface area contributed by atoms with Crippen LogP contribution >= 0.6 is 0 Å². The van der Waals surface area contributed by atoms with Gasteiger partial charge in [-0.15, -0.1) is 0 Å². The number of hydrogen-bond acceptors (Lipinski definition) is 6. The van der Waals surface area contributed by atoms with Crippen LogP contribution < -0.4 is 19.5 Å². The first-order valence-corrected chi connectivity index (χ1v) is 6.52. The summed E-state index contributed by atoms with van der Waals surface area (Å²) in [5.41, 5.74) is 0.718. The van der Waals surface area contributed by atoms with E-state index in [9.17, 15) is 4.79 Å². The molecule has 1 aromatic carbocycles. The van der Waals surface area contributed by atoms with E-state index in [2.05, 4.69) is 5.32 Å². The number of hydrogen-bond donors (Lipinski definition) is 1. The van der Waals surface area contributed by atoms with Crippen LogP contribution in [0, 0.1) is 11.3 Å². The standard InChI is InChI=1S/C15H16N2O5/c1-19-11-6-10(7-12(20-2)13(11)21-3)14(18)17-15-9(8-16)4-5-22-15/h6-7H,4-5H2,1-3H3,(H,17,18). The maximum Gasteiger partial charge on any atom is 0.258 e. The van der Waals surface area contributed by atoms with Crippen LogP contribution in [0.25, 0.3) is 0 Å². The molecule has 22 heavy (non-hydrogen) atoms. The molecule has 7 heteroatoms. The molecule has 1 N–H and O–H groups in total. The summed E-state index contributed by atoms with van der Waals surface area (Å²) in [4.78, 5) is 12.3. The molecule has 0 saturated carbocycles. The van der Waals surface area contributed by atoms with Crippen LogP contribution in [0.15, 0.2) is 23.6 Å². The summed E-state index contributed by atoms with van der Waals surface area (Å²) < 4.78 is 20.8. The number of carbonyl (C=O) groups excluding carboxylic acids is 1. The van der Waals surface area contributed by atoms with E-state index in [0.29, 0.717) is 41.4 Å². The fraction of sp³-hybridized carbons (Fsp3) is 0.333. The quantitative estimate of drug-likeness (QED) is 0.888. The zero-order chi connectivity index (χ0) is 16.1. The van der Waals surface area contributed by atoms with Crippen molar-refractivity contribution in [1.29, 1.82) is 5.26 Å². The van der Waals surface area contributed by atoms with E-state index in [1.807, 2.05) is 6.07 Å². The molecule has 0 bridgehead atoms. The number of methoxy groups -OCH3 is 3. The van der Waals surface area contributed by atoms with Crippen LogP contribution in [0.5, 0.6) is 17.2 Å². The molecule has 2 rings (SSSR count). The van der Waals surface area contributed by atoms with Crippen molar-refractivity contribution in [3.8, 4) is 23.3 Å². The number of nitrogens with zero attached hydrogens (tertiary/aromatic N) is 1. The molecule has 0 aliphatic carbocycles. The second-order valence-corrected chi connectivity index (χ2v) is 4.39. The Bertz CT molecular complexity index is 635. The minimum Gasteiger partial charge on any atom is -0.493 e. The first-order chi connectivity index (χ1) is 10.6. The normalized spacial score (nSPS) is 13.2. The molecule has 0 fully saturated rings. The third-order valence-electron chi connectivity index (χ3n) is 3.16. The molecular weight excluding hydrogens is 288 g/mol. The van der Waals surface area contributed by atoms with Gasteiger partial charge in [-0.1, -0.05) is 0 Å². The molecule has 1 heterocycles. The van der Waals surface area contributed by atoms with Gasteiger partial charge in [-0.3, -0.25) is 10.1 Å². The van der Waals surface area contributed by atoms with Crippen molar-refractivity contribution in [2.24, 2.45) is 0 Å². The maximum absolute atomic E-state index is 12.3. The van der Waals surface area contributed by atoms with Gasteiger partial charge in [0.25, 0.3) is 5.91 Å². The van der Waals surface area contributed by atoms with Gasteiger partial charge in [0.1, 0.15) is 6.07 Å². The highest BCUT2D eigenvalue weighted by Gasteiger charge is 2.21. The van der Waals surface area contributed by atoms with E-state index >= 15 is 0 Å². The van der Waals surface area contributed by atoms with Crippen LogP contribution in [-0.2, 0) is 4.74 Å². The largest absolute Gasteiger partial charge is 0.493 e. The van der Waals surface area contributed by atoms with Crippen molar-refractivity contribution >= 4 is 5.91 Å². The van der Waals surface area contributed by atoms with E-state index < -0.39 is 5.91 Å². The molecule has 0 aromatic heterocycles. The van der Waals surface area contributed by atoms with Gasteiger partial charge in [0.05, 0.1) is 33.5 Å². The van der Waals surface area contributed by atoms with Crippen LogP contribution in [0.3, 0.4) is 0 Å². The Kier molecular flexibility index (Phi) is 4.73. The van der Waals surface area contributed by atoms with Gasteiger partial charge < -0.3 is 18.9 Å². The van der Waals surface area contributed by atoms with E-state index in [-0.39, 0.29) is 5.88 Å². The number of amides is 1. The highest BCUT2D eigenvalue weighted by molar-refractivity contribution is 5.96. The fourth-order valence-electron chi connectivity index (χ4n) is 2.06. The zero-order valence-electron chi connectivity index (χ0n) is 12.6. The molecule has 116 valence electrons. The summed E-state index contributed by atoms with van der Waals surface area (Å²) in [6.07, 6.45) is 0.487. The molecule has 1 aliphatic heterocycles. The van der Waals surface area contributed by atoms with Crippen LogP contribution in [0.2, 0.25) is 0 Å². The number of nitrogens with one attached hydrogen (secondary N) is 1. The SMILES string of the molecule is COc1cc(C(=O)NC2=C(C#N)CCO2)cc(OC)c1OC. The molecule has 1 aromatic rings. The van der Waals surface area contributed by atoms with Gasteiger partial charge in [0.15, 0.2) is 11.5 Å². The van der Waals surface area contributed by atoms with Crippen LogP contribution in [0.4, 0.5) is 0 Å². The Balaban J connectivity index is 2.32. The van der Waals surface area contributed by atoms with Crippen LogP contribution in [-0.4, -0.2) is 33.8 Å². The molecule has 0 spiro atoms. The van der Waals surface area contributed by atoms with E-state index in [1.54, 1.807) is 0 Å². The number of ether oxygens (including phenoxy) is 4. The highest BCUT2D eigenvalue weighted by atomic mass is 16.5. The van der Waals surface area contributed by atoms with Crippen molar-refractivity contribution in [2.75, 3.05) is 27.9 Å². The monoisotopic (exact) mass is 304 g/mol. The second-order valence-electron chi connectivity index (χ2n) is 4.39. The number of nitriles is 1. The first-order valence-electron chi connectivity index (χ1n) is 6.52. The fourth-order valence-corrected chi connectivity index (χ4v) is 2.06. The Morgan fingerprint density at radius 1 is 1.23 bits per heavy atom. The molecule has 0 radical (unpaired) electrons. The highest BCUT2D eigenvalue weighted by Crippen LogP contribution is 2.38. The summed E-state index contributed by atoms with van der Waals surface area (Å²) in [5, 5.41) is 11.5. The summed E-state index contributed by atoms with van der Waals surface area (Å²) in [6, 6.07) is 5.06. The Hall–Kier alpha value is -2.88. The Morgan fingerprint density at radius 3 is 2.36 bits per heavy atom. The summed E-state index contributed by atoms with van der Waals surface area (Å²) in [5.74, 6) is 0.906. The van der Waals surface area contributed by atoms with Gasteiger partial charge in [-0.2, -0.15) is 5.26 Å². The molecule has 1 amide bonds. The number of rotatable bonds is 5. The van der Waals surface area contributed by atoms with E-state index in [1.165, 1.54) is 33.5 Å². The first kappa shape index (κ1) is 15.5. The summed E-state index contributed by atoms with van der Waals surface area (Å²) in [6.45, 7) is 0.383. The van der Waals surface area contributed by atoms with Crippen molar-refractivity contribution in [3.63, 3.8) is 0 Å². The lowest BCUT2D eigenvalue weighted by atomic mass is 10.1. The molecule has 7 nitrogen and oxygen atoms in total. The van der Waals surface area contributed by atoms with Crippen molar-refractivity contribution in [1.82, 2.24) is 5.32 Å². The average Bonchev–Trinajstić information content (AvgIpc) is 3.00. The summed E-state index contributed by atoms with van der Waals surface area (Å²) in [7, 11) is 4.42. The predicted molar refractivity (Wildman–Crippen MR) is 76.8 cm³/mol. The van der Waals surface area contributed by atoms with E-state index in [4.69, 9.17) is 24.2 Å². The molecule has 1 aliphatic rings. The molecule has 0 atom stereocenters. The smallest absolute Gasteiger partial charge is 0.258 e. The third kappa shape index (κ3) is 2.91. The van der Waals surface area contributed by atoms with Gasteiger partial charge >= 0.3 is 0 Å². The second kappa shape index (κ2) is 6.72. The van der Waals surface area contributed by atoms with Crippen molar-refractivity contribution in [2.45, 2.75) is 6.42 Å². The minimum absolute atomic E-state index is 0.196. The zero-order valence-corrected chi connectivity index (χ0v) is 12.6. The summed E-state index contributed by atoms with van der Waals surface area (Å²) >= 11 is 0. The van der Waals surface area contributed by atoms with Gasteiger partial charge in [-0.05, 0) is 12.1 Å². The Labute approximate surface area is 128 Å². The lowest BCUT2D eigenvalue weighted by Crippen LogP contribution is -2.23. The number of carbonyl (C=O) groups is 1. The lowest BCUT2D eigenvalue weighted by molar-refractivity contribution is 0.0929. The van der Waals surface area contributed by atoms with Crippen molar-refractivity contribution < 1.29 is 23.7 Å². The van der Waals surface area contributed by atoms with Crippen LogP contribution in [0.1, 0.15) is 16.8 Å². The van der Waals surface area contributed by atoms with Gasteiger partial charge in [0.2, 0.25) is 11.6 Å². The lowest BCUT2D eigenvalue weighted by Gasteiger charge is -2.14. The Morgan fingerprint density at radius 2 is 1.86 bits per heavy atom. The average molecular weight is 304 g/mol. The number of benzene rings is 1. The third-order valence-corrected chi connectivity index (χ3v) is 3.16. The van der Waals surface area contributed by atoms with E-state index in [0.717, 1.165) is 0 Å².